The van der Waals surface area contributed by atoms with Crippen molar-refractivity contribution in [2.24, 2.45) is 11.7 Å². The molecule has 25 heavy (non-hydrogen) atoms. The van der Waals surface area contributed by atoms with Gasteiger partial charge in [0.25, 0.3) is 5.91 Å². The summed E-state index contributed by atoms with van der Waals surface area (Å²) in [7, 11) is 0. The predicted octanol–water partition coefficient (Wildman–Crippen LogP) is 3.39. The van der Waals surface area contributed by atoms with Crippen LogP contribution >= 0.6 is 47.5 Å². The topological polar surface area (TPSA) is 84.1 Å². The average molecular weight is 424 g/mol. The van der Waals surface area contributed by atoms with Gasteiger partial charge in [-0.1, -0.05) is 6.92 Å². The highest BCUT2D eigenvalue weighted by Crippen LogP contribution is 2.21. The summed E-state index contributed by atoms with van der Waals surface area (Å²) >= 11 is 2.85. The van der Waals surface area contributed by atoms with Crippen LogP contribution in [0.15, 0.2) is 10.8 Å². The number of hydrogen-bond donors (Lipinski definition) is 2. The number of nitrogens with two attached hydrogens (primary N) is 1. The monoisotopic (exact) mass is 423 g/mol. The Morgan fingerprint density at radius 3 is 2.84 bits per heavy atom. The van der Waals surface area contributed by atoms with Gasteiger partial charge in [-0.3, -0.25) is 15.0 Å². The van der Waals surface area contributed by atoms with E-state index in [1.165, 1.54) is 35.5 Å². The lowest BCUT2D eigenvalue weighted by atomic mass is 10.0. The number of likely N-dealkylation sites (tertiary alicyclic amines) is 1. The van der Waals surface area contributed by atoms with Crippen LogP contribution in [0.1, 0.15) is 41.0 Å². The maximum absolute atomic E-state index is 12.1. The van der Waals surface area contributed by atoms with E-state index in [-0.39, 0.29) is 30.7 Å². The van der Waals surface area contributed by atoms with Crippen molar-refractivity contribution in [2.45, 2.75) is 32.9 Å². The summed E-state index contributed by atoms with van der Waals surface area (Å²) in [5.41, 5.74) is 6.93. The molecule has 1 aliphatic heterocycles. The van der Waals surface area contributed by atoms with Gasteiger partial charge in [0.2, 0.25) is 0 Å². The minimum atomic E-state index is -0.228. The lowest BCUT2D eigenvalue weighted by molar-refractivity contribution is 0.102. The van der Waals surface area contributed by atoms with Crippen molar-refractivity contribution in [2.75, 3.05) is 18.4 Å². The number of nitrogens with one attached hydrogen (secondary N) is 1. The van der Waals surface area contributed by atoms with Gasteiger partial charge in [-0.2, -0.15) is 0 Å². The Morgan fingerprint density at radius 1 is 1.36 bits per heavy atom. The number of carbonyl (C=O) groups excluding carboxylic acids is 1. The molecule has 0 aromatic carbocycles. The van der Waals surface area contributed by atoms with Crippen LogP contribution in [-0.2, 0) is 13.1 Å². The average Bonchev–Trinajstić information content (AvgIpc) is 3.16. The van der Waals surface area contributed by atoms with Gasteiger partial charge in [0.15, 0.2) is 5.13 Å². The van der Waals surface area contributed by atoms with Crippen molar-refractivity contribution in [3.8, 4) is 0 Å². The molecule has 1 aliphatic rings. The number of hydrogen-bond acceptors (Lipinski definition) is 7. The fourth-order valence-electron chi connectivity index (χ4n) is 2.77. The molecule has 2 aromatic rings. The fraction of sp³-hybridized carbons (Fsp3) is 0.533. The van der Waals surface area contributed by atoms with Crippen LogP contribution in [0.2, 0.25) is 0 Å². The van der Waals surface area contributed by atoms with E-state index in [0.717, 1.165) is 36.3 Å². The molecule has 0 bridgehead atoms. The molecule has 6 nitrogen and oxygen atoms in total. The lowest BCUT2D eigenvalue weighted by Gasteiger charge is -2.30. The van der Waals surface area contributed by atoms with Gasteiger partial charge in [-0.15, -0.1) is 47.5 Å². The molecule has 0 spiro atoms. The molecule has 0 saturated carbocycles. The molecule has 140 valence electrons. The molecule has 0 radical (unpaired) electrons. The van der Waals surface area contributed by atoms with E-state index in [9.17, 15) is 4.79 Å². The van der Waals surface area contributed by atoms with Crippen LogP contribution in [0.3, 0.4) is 0 Å². The smallest absolute Gasteiger partial charge is 0.276 e. The Morgan fingerprint density at radius 2 is 2.16 bits per heavy atom. The maximum atomic E-state index is 12.1. The summed E-state index contributed by atoms with van der Waals surface area (Å²) in [4.78, 5) is 23.3. The first kappa shape index (κ1) is 22.3. The molecule has 1 fully saturated rings. The number of thiazole rings is 2. The van der Waals surface area contributed by atoms with Crippen LogP contribution in [-0.4, -0.2) is 33.9 Å². The minimum absolute atomic E-state index is 0. The second-order valence-electron chi connectivity index (χ2n) is 5.91. The molecule has 1 unspecified atom stereocenters. The summed E-state index contributed by atoms with van der Waals surface area (Å²) < 4.78 is 0. The molecule has 10 heteroatoms. The first-order chi connectivity index (χ1) is 11.1. The quantitative estimate of drug-likeness (QED) is 0.769. The summed E-state index contributed by atoms with van der Waals surface area (Å²) in [5, 5.41) is 7.93. The number of rotatable bonds is 5. The van der Waals surface area contributed by atoms with Gasteiger partial charge >= 0.3 is 0 Å². The second kappa shape index (κ2) is 10.4. The van der Waals surface area contributed by atoms with Gasteiger partial charge in [-0.05, 0) is 25.3 Å². The van der Waals surface area contributed by atoms with Crippen molar-refractivity contribution < 1.29 is 4.79 Å². The summed E-state index contributed by atoms with van der Waals surface area (Å²) in [6.07, 6.45) is 2.56. The molecule has 3 N–H and O–H groups in total. The zero-order valence-electron chi connectivity index (χ0n) is 13.9. The zero-order chi connectivity index (χ0) is 16.2. The first-order valence-corrected chi connectivity index (χ1v) is 9.52. The van der Waals surface area contributed by atoms with Crippen LogP contribution in [0.5, 0.6) is 0 Å². The molecule has 3 heterocycles. The molecule has 1 atom stereocenters. The van der Waals surface area contributed by atoms with E-state index in [1.54, 1.807) is 5.38 Å². The minimum Gasteiger partial charge on any atom is -0.325 e. The largest absolute Gasteiger partial charge is 0.325 e. The zero-order valence-corrected chi connectivity index (χ0v) is 17.2. The van der Waals surface area contributed by atoms with Gasteiger partial charge in [-0.25, -0.2) is 9.97 Å². The number of piperidine rings is 1. The van der Waals surface area contributed by atoms with E-state index < -0.39 is 0 Å². The summed E-state index contributed by atoms with van der Waals surface area (Å²) in [6, 6.07) is 0. The maximum Gasteiger partial charge on any atom is 0.276 e. The number of anilines is 1. The standard InChI is InChI=1S/C15H21N5OS2.2ClH/c1-10-3-2-4-20(6-10)7-11-8-23-15(17-11)19-14(21)12-9-22-13(5-16)18-12;;/h8-10H,2-7,16H2,1H3,(H,17,19,21);2*1H. The van der Waals surface area contributed by atoms with E-state index in [2.05, 4.69) is 27.1 Å². The normalized spacial score (nSPS) is 17.4. The Kier molecular flexibility index (Phi) is 9.26. The third-order valence-corrected chi connectivity index (χ3v) is 5.54. The highest BCUT2D eigenvalue weighted by Gasteiger charge is 2.18. The number of nitrogens with zero attached hydrogens (tertiary/aromatic N) is 3. The molecule has 1 amide bonds. The third-order valence-electron chi connectivity index (χ3n) is 3.86. The number of aromatic nitrogens is 2. The lowest BCUT2D eigenvalue weighted by Crippen LogP contribution is -2.33. The van der Waals surface area contributed by atoms with E-state index in [1.807, 2.05) is 5.38 Å². The van der Waals surface area contributed by atoms with Crippen molar-refractivity contribution in [3.63, 3.8) is 0 Å². The summed E-state index contributed by atoms with van der Waals surface area (Å²) in [5.74, 6) is 0.524. The second-order valence-corrected chi connectivity index (χ2v) is 7.71. The molecular weight excluding hydrogens is 401 g/mol. The Labute approximate surface area is 168 Å². The molecule has 3 rings (SSSR count). The van der Waals surface area contributed by atoms with E-state index in [0.29, 0.717) is 17.4 Å². The Hall–Kier alpha value is -0.770. The van der Waals surface area contributed by atoms with Crippen molar-refractivity contribution in [1.29, 1.82) is 0 Å². The molecular formula is C15H23Cl2N5OS2. The van der Waals surface area contributed by atoms with Crippen molar-refractivity contribution >= 4 is 58.5 Å². The Bertz CT molecular complexity index is 678. The SMILES string of the molecule is CC1CCCN(Cc2csc(NC(=O)c3csc(CN)n3)n2)C1.Cl.Cl. The number of carbonyl (C=O) groups is 1. The van der Waals surface area contributed by atoms with Crippen molar-refractivity contribution in [3.05, 3.63) is 27.2 Å². The van der Waals surface area contributed by atoms with Gasteiger partial charge < -0.3 is 5.73 Å². The highest BCUT2D eigenvalue weighted by molar-refractivity contribution is 7.14. The highest BCUT2D eigenvalue weighted by atomic mass is 35.5. The molecule has 0 aliphatic carbocycles. The van der Waals surface area contributed by atoms with Crippen LogP contribution in [0.4, 0.5) is 5.13 Å². The van der Waals surface area contributed by atoms with Gasteiger partial charge in [0, 0.05) is 30.4 Å². The van der Waals surface area contributed by atoms with Crippen LogP contribution < -0.4 is 11.1 Å². The van der Waals surface area contributed by atoms with Gasteiger partial charge in [0.1, 0.15) is 10.7 Å². The van der Waals surface area contributed by atoms with Crippen LogP contribution in [0.25, 0.3) is 0 Å². The number of amides is 1. The number of halogens is 2. The third kappa shape index (κ3) is 6.16. The van der Waals surface area contributed by atoms with E-state index in [4.69, 9.17) is 5.73 Å². The molecule has 1 saturated heterocycles. The molecule has 2 aromatic heterocycles. The Balaban J connectivity index is 0.00000156. The van der Waals surface area contributed by atoms with Gasteiger partial charge in [0.05, 0.1) is 5.69 Å². The summed E-state index contributed by atoms with van der Waals surface area (Å²) in [6.45, 7) is 5.75. The van der Waals surface area contributed by atoms with Crippen LogP contribution in [0, 0.1) is 5.92 Å². The van der Waals surface area contributed by atoms with E-state index >= 15 is 0 Å². The first-order valence-electron chi connectivity index (χ1n) is 7.76. The fourth-order valence-corrected chi connectivity index (χ4v) is 4.12. The predicted molar refractivity (Wildman–Crippen MR) is 108 cm³/mol. The van der Waals surface area contributed by atoms with Crippen molar-refractivity contribution in [1.82, 2.24) is 14.9 Å².